The first-order chi connectivity index (χ1) is 13.6. The maximum absolute atomic E-state index is 12.5. The van der Waals surface area contributed by atoms with Crippen LogP contribution >= 0.6 is 23.7 Å². The Morgan fingerprint density at radius 3 is 2.55 bits per heavy atom. The molecule has 6 heteroatoms. The Bertz CT molecular complexity index is 1210. The number of pyridine rings is 1. The number of ether oxygens (including phenoxy) is 1. The number of aromatic amines is 1. The molecule has 0 bridgehead atoms. The average Bonchev–Trinajstić information content (AvgIpc) is 3.21. The van der Waals surface area contributed by atoms with Gasteiger partial charge in [0.1, 0.15) is 10.4 Å². The van der Waals surface area contributed by atoms with Crippen molar-refractivity contribution in [2.75, 3.05) is 13.7 Å². The second-order valence-corrected chi connectivity index (χ2v) is 8.02. The molecule has 0 fully saturated rings. The zero-order valence-corrected chi connectivity index (χ0v) is 18.4. The van der Waals surface area contributed by atoms with E-state index in [-0.39, 0.29) is 18.0 Å². The van der Waals surface area contributed by atoms with Gasteiger partial charge in [0, 0.05) is 16.3 Å². The van der Waals surface area contributed by atoms with Crippen molar-refractivity contribution < 1.29 is 4.74 Å². The minimum Gasteiger partial charge on any atom is -0.496 e. The number of nitrogens with one attached hydrogen (secondary N) is 1. The number of H-pyrrole nitrogens is 1. The Labute approximate surface area is 180 Å². The highest BCUT2D eigenvalue weighted by molar-refractivity contribution is 7.17. The number of aryl methyl sites for hydroxylation is 1. The fourth-order valence-corrected chi connectivity index (χ4v) is 4.77. The Hall–Kier alpha value is -2.34. The van der Waals surface area contributed by atoms with E-state index >= 15 is 0 Å². The summed E-state index contributed by atoms with van der Waals surface area (Å²) in [6.07, 6.45) is 1.02. The average molecular weight is 429 g/mol. The number of rotatable bonds is 5. The minimum atomic E-state index is -0.0409. The second kappa shape index (κ2) is 8.57. The molecule has 4 aromatic rings. The normalized spacial score (nSPS) is 12.1. The van der Waals surface area contributed by atoms with Crippen LogP contribution in [0.3, 0.4) is 0 Å². The molecule has 3 N–H and O–H groups in total. The molecule has 0 aliphatic rings. The van der Waals surface area contributed by atoms with Crippen LogP contribution in [0, 0.1) is 6.92 Å². The van der Waals surface area contributed by atoms with Crippen LogP contribution in [-0.4, -0.2) is 18.6 Å². The predicted molar refractivity (Wildman–Crippen MR) is 126 cm³/mol. The van der Waals surface area contributed by atoms with Crippen LogP contribution < -0.4 is 16.0 Å². The van der Waals surface area contributed by atoms with Crippen molar-refractivity contribution in [2.45, 2.75) is 26.2 Å². The van der Waals surface area contributed by atoms with Gasteiger partial charge in [-0.3, -0.25) is 4.79 Å². The van der Waals surface area contributed by atoms with E-state index in [1.807, 2.05) is 24.4 Å². The molecule has 0 aliphatic heterocycles. The molecule has 1 atom stereocenters. The van der Waals surface area contributed by atoms with E-state index < -0.39 is 0 Å². The highest BCUT2D eigenvalue weighted by Gasteiger charge is 2.18. The SMILES string of the molecule is CCC(CN)c1ccc(-c2c(OC)cc(C)c3[nH]c(=O)c4sccc4c23)cc1.Cl. The molecule has 1 unspecified atom stereocenters. The smallest absolute Gasteiger partial charge is 0.266 e. The highest BCUT2D eigenvalue weighted by atomic mass is 35.5. The molecule has 2 heterocycles. The van der Waals surface area contributed by atoms with E-state index in [4.69, 9.17) is 10.5 Å². The number of nitrogens with two attached hydrogens (primary N) is 1. The molecule has 0 radical (unpaired) electrons. The zero-order valence-electron chi connectivity index (χ0n) is 16.7. The van der Waals surface area contributed by atoms with Crippen LogP contribution in [0.15, 0.2) is 46.6 Å². The molecule has 0 amide bonds. The molecule has 4 rings (SSSR count). The summed E-state index contributed by atoms with van der Waals surface area (Å²) in [4.78, 5) is 15.6. The maximum atomic E-state index is 12.5. The Morgan fingerprint density at radius 1 is 1.21 bits per heavy atom. The summed E-state index contributed by atoms with van der Waals surface area (Å²) in [5.41, 5.74) is 11.1. The second-order valence-electron chi connectivity index (χ2n) is 7.10. The lowest BCUT2D eigenvalue weighted by molar-refractivity contribution is 0.416. The Morgan fingerprint density at radius 2 is 1.93 bits per heavy atom. The van der Waals surface area contributed by atoms with E-state index in [0.29, 0.717) is 12.5 Å². The van der Waals surface area contributed by atoms with Crippen molar-refractivity contribution in [3.8, 4) is 16.9 Å². The fourth-order valence-electron chi connectivity index (χ4n) is 3.98. The van der Waals surface area contributed by atoms with Gasteiger partial charge in [-0.15, -0.1) is 23.7 Å². The molecule has 0 aliphatic carbocycles. The lowest BCUT2D eigenvalue weighted by atomic mass is 9.91. The monoisotopic (exact) mass is 428 g/mol. The minimum absolute atomic E-state index is 0. The highest BCUT2D eigenvalue weighted by Crippen LogP contribution is 2.42. The summed E-state index contributed by atoms with van der Waals surface area (Å²) in [5.74, 6) is 1.17. The molecule has 4 nitrogen and oxygen atoms in total. The number of thiophene rings is 1. The van der Waals surface area contributed by atoms with Gasteiger partial charge in [-0.05, 0) is 60.0 Å². The van der Waals surface area contributed by atoms with Gasteiger partial charge in [-0.2, -0.15) is 0 Å². The quantitative estimate of drug-likeness (QED) is 0.434. The number of hydrogen-bond acceptors (Lipinski definition) is 4. The first kappa shape index (κ1) is 21.4. The topological polar surface area (TPSA) is 68.1 Å². The molecule has 0 saturated carbocycles. The Kier molecular flexibility index (Phi) is 6.32. The van der Waals surface area contributed by atoms with Gasteiger partial charge < -0.3 is 15.5 Å². The van der Waals surface area contributed by atoms with Crippen LogP contribution in [0.2, 0.25) is 0 Å². The number of aromatic nitrogens is 1. The van der Waals surface area contributed by atoms with Crippen LogP contribution in [-0.2, 0) is 0 Å². The van der Waals surface area contributed by atoms with Gasteiger partial charge in [-0.1, -0.05) is 31.2 Å². The molecule has 2 aromatic heterocycles. The van der Waals surface area contributed by atoms with E-state index in [9.17, 15) is 4.79 Å². The molecule has 0 saturated heterocycles. The van der Waals surface area contributed by atoms with Gasteiger partial charge in [0.05, 0.1) is 12.6 Å². The molecule has 2 aromatic carbocycles. The number of methoxy groups -OCH3 is 1. The van der Waals surface area contributed by atoms with Gasteiger partial charge in [0.25, 0.3) is 5.56 Å². The Balaban J connectivity index is 0.00000240. The third-order valence-corrected chi connectivity index (χ3v) is 6.45. The predicted octanol–water partition coefficient (Wildman–Crippen LogP) is 5.60. The number of fused-ring (bicyclic) bond motifs is 3. The van der Waals surface area contributed by atoms with E-state index in [1.165, 1.54) is 16.9 Å². The van der Waals surface area contributed by atoms with E-state index in [1.54, 1.807) is 7.11 Å². The van der Waals surface area contributed by atoms with E-state index in [2.05, 4.69) is 36.2 Å². The summed E-state index contributed by atoms with van der Waals surface area (Å²) in [6.45, 7) is 4.80. The summed E-state index contributed by atoms with van der Waals surface area (Å²) in [7, 11) is 1.69. The molecular weight excluding hydrogens is 404 g/mol. The van der Waals surface area contributed by atoms with Crippen LogP contribution in [0.5, 0.6) is 5.75 Å². The van der Waals surface area contributed by atoms with Gasteiger partial charge in [-0.25, -0.2) is 0 Å². The van der Waals surface area contributed by atoms with Crippen molar-refractivity contribution in [1.29, 1.82) is 0 Å². The van der Waals surface area contributed by atoms with Gasteiger partial charge in [0.2, 0.25) is 0 Å². The summed E-state index contributed by atoms with van der Waals surface area (Å²) < 4.78 is 6.50. The number of hydrogen-bond donors (Lipinski definition) is 2. The van der Waals surface area contributed by atoms with Crippen molar-refractivity contribution in [2.24, 2.45) is 5.73 Å². The molecule has 152 valence electrons. The molecule has 0 spiro atoms. The van der Waals surface area contributed by atoms with Crippen molar-refractivity contribution >= 4 is 44.7 Å². The first-order valence-electron chi connectivity index (χ1n) is 9.50. The fraction of sp³-hybridized carbons (Fsp3) is 0.261. The van der Waals surface area contributed by atoms with Crippen LogP contribution in [0.25, 0.3) is 32.1 Å². The number of benzene rings is 2. The van der Waals surface area contributed by atoms with Crippen LogP contribution in [0.1, 0.15) is 30.4 Å². The molecule has 29 heavy (non-hydrogen) atoms. The first-order valence-corrected chi connectivity index (χ1v) is 10.4. The van der Waals surface area contributed by atoms with Gasteiger partial charge >= 0.3 is 0 Å². The largest absolute Gasteiger partial charge is 0.496 e. The van der Waals surface area contributed by atoms with Crippen molar-refractivity contribution in [3.05, 3.63) is 63.3 Å². The third kappa shape index (κ3) is 3.54. The molecular formula is C23H25ClN2O2S. The summed E-state index contributed by atoms with van der Waals surface area (Å²) >= 11 is 1.47. The third-order valence-electron chi connectivity index (χ3n) is 5.54. The van der Waals surface area contributed by atoms with Gasteiger partial charge in [0.15, 0.2) is 0 Å². The number of halogens is 1. The van der Waals surface area contributed by atoms with E-state index in [0.717, 1.165) is 49.8 Å². The lowest BCUT2D eigenvalue weighted by Gasteiger charge is -2.17. The summed E-state index contributed by atoms with van der Waals surface area (Å²) in [5, 5.41) is 3.97. The lowest BCUT2D eigenvalue weighted by Crippen LogP contribution is -2.11. The van der Waals surface area contributed by atoms with Crippen LogP contribution in [0.4, 0.5) is 0 Å². The standard InChI is InChI=1S/C23H24N2O2S.ClH/c1-4-14(12-24)15-5-7-16(8-6-15)19-18(27-3)11-13(2)21-20(19)17-9-10-28-22(17)23(26)25-21;/h5-11,14H,4,12,24H2,1-3H3,(H,25,26);1H. The van der Waals surface area contributed by atoms with Crippen molar-refractivity contribution in [1.82, 2.24) is 4.98 Å². The van der Waals surface area contributed by atoms with Crippen molar-refractivity contribution in [3.63, 3.8) is 0 Å². The zero-order chi connectivity index (χ0) is 19.8. The maximum Gasteiger partial charge on any atom is 0.266 e. The summed E-state index contributed by atoms with van der Waals surface area (Å²) in [6, 6.07) is 12.6.